The van der Waals surface area contributed by atoms with E-state index >= 15 is 0 Å². The molecule has 0 spiro atoms. The van der Waals surface area contributed by atoms with Crippen molar-refractivity contribution < 1.29 is 4.74 Å². The maximum atomic E-state index is 6.15. The van der Waals surface area contributed by atoms with E-state index < -0.39 is 0 Å². The fraction of sp³-hybridized carbons (Fsp3) is 0.500. The average Bonchev–Trinajstić information content (AvgIpc) is 2.67. The van der Waals surface area contributed by atoms with Crippen LogP contribution in [-0.2, 0) is 0 Å². The van der Waals surface area contributed by atoms with Gasteiger partial charge in [-0.2, -0.15) is 0 Å². The van der Waals surface area contributed by atoms with E-state index in [0.29, 0.717) is 6.10 Å². The van der Waals surface area contributed by atoms with Gasteiger partial charge in [0.1, 0.15) is 5.75 Å². The normalized spacial score (nSPS) is 17.0. The highest BCUT2D eigenvalue weighted by Gasteiger charge is 2.18. The molecule has 0 saturated heterocycles. The van der Waals surface area contributed by atoms with E-state index in [0.717, 1.165) is 10.8 Å². The topological polar surface area (TPSA) is 9.23 Å². The molecular formula is C12H14ClIO. The molecule has 2 rings (SSSR count). The van der Waals surface area contributed by atoms with Crippen molar-refractivity contribution in [1.82, 2.24) is 0 Å². The first kappa shape index (κ1) is 11.5. The first-order valence-electron chi connectivity index (χ1n) is 5.29. The number of benzene rings is 1. The molecule has 15 heavy (non-hydrogen) atoms. The number of rotatable bonds is 2. The molecule has 1 saturated carbocycles. The van der Waals surface area contributed by atoms with Crippen molar-refractivity contribution in [2.45, 2.75) is 38.7 Å². The van der Waals surface area contributed by atoms with Crippen LogP contribution in [0.1, 0.15) is 31.2 Å². The zero-order valence-electron chi connectivity index (χ0n) is 8.72. The molecule has 0 aromatic heterocycles. The smallest absolute Gasteiger partial charge is 0.138 e. The van der Waals surface area contributed by atoms with Gasteiger partial charge in [-0.1, -0.05) is 11.6 Å². The highest BCUT2D eigenvalue weighted by atomic mass is 127. The summed E-state index contributed by atoms with van der Waals surface area (Å²) in [6.45, 7) is 2.08. The highest BCUT2D eigenvalue weighted by Crippen LogP contribution is 2.32. The Kier molecular flexibility index (Phi) is 3.78. The van der Waals surface area contributed by atoms with Crippen molar-refractivity contribution >= 4 is 34.2 Å². The first-order chi connectivity index (χ1) is 7.16. The summed E-state index contributed by atoms with van der Waals surface area (Å²) in [5, 5.41) is 0.733. The van der Waals surface area contributed by atoms with E-state index in [4.69, 9.17) is 16.3 Å². The van der Waals surface area contributed by atoms with Crippen LogP contribution >= 0.6 is 34.2 Å². The quantitative estimate of drug-likeness (QED) is 0.719. The molecule has 1 fully saturated rings. The summed E-state index contributed by atoms with van der Waals surface area (Å²) in [6, 6.07) is 4.02. The van der Waals surface area contributed by atoms with E-state index in [9.17, 15) is 0 Å². The van der Waals surface area contributed by atoms with Crippen molar-refractivity contribution in [3.05, 3.63) is 26.3 Å². The second-order valence-corrected chi connectivity index (χ2v) is 5.63. The Hall–Kier alpha value is 0.0400. The lowest BCUT2D eigenvalue weighted by molar-refractivity contribution is 0.210. The van der Waals surface area contributed by atoms with Gasteiger partial charge in [-0.3, -0.25) is 0 Å². The lowest BCUT2D eigenvalue weighted by atomic mass is 10.2. The van der Waals surface area contributed by atoms with Crippen molar-refractivity contribution in [3.8, 4) is 5.75 Å². The van der Waals surface area contributed by atoms with Crippen LogP contribution in [0.3, 0.4) is 0 Å². The first-order valence-corrected chi connectivity index (χ1v) is 6.75. The molecule has 0 aliphatic heterocycles. The van der Waals surface area contributed by atoms with Crippen LogP contribution in [0, 0.1) is 10.5 Å². The minimum atomic E-state index is 0.377. The van der Waals surface area contributed by atoms with E-state index in [2.05, 4.69) is 29.5 Å². The number of aryl methyl sites for hydroxylation is 1. The summed E-state index contributed by atoms with van der Waals surface area (Å²) in [7, 11) is 0. The molecule has 3 heteroatoms. The maximum Gasteiger partial charge on any atom is 0.138 e. The van der Waals surface area contributed by atoms with Crippen LogP contribution in [0.5, 0.6) is 5.75 Å². The summed E-state index contributed by atoms with van der Waals surface area (Å²) < 4.78 is 7.10. The maximum absolute atomic E-state index is 6.15. The van der Waals surface area contributed by atoms with Gasteiger partial charge >= 0.3 is 0 Å². The number of halogens is 2. The zero-order valence-corrected chi connectivity index (χ0v) is 11.6. The van der Waals surface area contributed by atoms with Gasteiger partial charge < -0.3 is 4.74 Å². The lowest BCUT2D eigenvalue weighted by Crippen LogP contribution is -2.11. The Morgan fingerprint density at radius 1 is 1.33 bits per heavy atom. The Labute approximate surface area is 109 Å². The molecule has 0 heterocycles. The molecule has 1 aliphatic carbocycles. The summed E-state index contributed by atoms with van der Waals surface area (Å²) in [5.74, 6) is 0.849. The molecule has 0 N–H and O–H groups in total. The summed E-state index contributed by atoms with van der Waals surface area (Å²) in [4.78, 5) is 0. The van der Waals surface area contributed by atoms with Crippen molar-refractivity contribution in [2.24, 2.45) is 0 Å². The SMILES string of the molecule is Cc1cc(OC2CCCC2)c(Cl)cc1I. The third kappa shape index (κ3) is 2.78. The minimum Gasteiger partial charge on any atom is -0.489 e. The Morgan fingerprint density at radius 2 is 2.00 bits per heavy atom. The van der Waals surface area contributed by atoms with E-state index in [1.54, 1.807) is 0 Å². The van der Waals surface area contributed by atoms with Crippen LogP contribution in [-0.4, -0.2) is 6.10 Å². The largest absolute Gasteiger partial charge is 0.489 e. The minimum absolute atomic E-state index is 0.377. The highest BCUT2D eigenvalue weighted by molar-refractivity contribution is 14.1. The van der Waals surface area contributed by atoms with Gasteiger partial charge in [0.15, 0.2) is 0 Å². The molecular weight excluding hydrogens is 322 g/mol. The predicted molar refractivity (Wildman–Crippen MR) is 71.8 cm³/mol. The predicted octanol–water partition coefficient (Wildman–Crippen LogP) is 4.57. The van der Waals surface area contributed by atoms with Gasteiger partial charge in [0.05, 0.1) is 11.1 Å². The molecule has 1 aromatic carbocycles. The summed E-state index contributed by atoms with van der Waals surface area (Å²) in [5.41, 5.74) is 1.23. The van der Waals surface area contributed by atoms with E-state index in [-0.39, 0.29) is 0 Å². The van der Waals surface area contributed by atoms with Gasteiger partial charge in [-0.05, 0) is 72.9 Å². The molecule has 1 aliphatic rings. The van der Waals surface area contributed by atoms with Crippen LogP contribution in [0.4, 0.5) is 0 Å². The van der Waals surface area contributed by atoms with Crippen molar-refractivity contribution in [1.29, 1.82) is 0 Å². The molecule has 0 bridgehead atoms. The van der Waals surface area contributed by atoms with Gasteiger partial charge in [0.25, 0.3) is 0 Å². The molecule has 82 valence electrons. The van der Waals surface area contributed by atoms with Crippen LogP contribution in [0.15, 0.2) is 12.1 Å². The third-order valence-electron chi connectivity index (χ3n) is 2.81. The monoisotopic (exact) mass is 336 g/mol. The molecule has 0 radical (unpaired) electrons. The molecule has 0 atom stereocenters. The van der Waals surface area contributed by atoms with Crippen LogP contribution in [0.25, 0.3) is 0 Å². The van der Waals surface area contributed by atoms with Gasteiger partial charge in [0.2, 0.25) is 0 Å². The summed E-state index contributed by atoms with van der Waals surface area (Å²) in [6.07, 6.45) is 5.28. The second kappa shape index (κ2) is 4.91. The van der Waals surface area contributed by atoms with E-state index in [1.807, 2.05) is 12.1 Å². The van der Waals surface area contributed by atoms with Gasteiger partial charge in [-0.15, -0.1) is 0 Å². The van der Waals surface area contributed by atoms with Crippen molar-refractivity contribution in [3.63, 3.8) is 0 Å². The number of hydrogen-bond donors (Lipinski definition) is 0. The average molecular weight is 337 g/mol. The standard InChI is InChI=1S/C12H14ClIO/c1-8-6-12(10(13)7-11(8)14)15-9-4-2-3-5-9/h6-7,9H,2-5H2,1H3. The Morgan fingerprint density at radius 3 is 2.67 bits per heavy atom. The van der Waals surface area contributed by atoms with Gasteiger partial charge in [-0.25, -0.2) is 0 Å². The van der Waals surface area contributed by atoms with Gasteiger partial charge in [0, 0.05) is 3.57 Å². The molecule has 1 aromatic rings. The Balaban J connectivity index is 2.16. The molecule has 0 unspecified atom stereocenters. The Bertz CT molecular complexity index is 359. The number of ether oxygens (including phenoxy) is 1. The lowest BCUT2D eigenvalue weighted by Gasteiger charge is -2.15. The fourth-order valence-electron chi connectivity index (χ4n) is 1.91. The van der Waals surface area contributed by atoms with E-state index in [1.165, 1.54) is 34.8 Å². The second-order valence-electron chi connectivity index (χ2n) is 4.06. The van der Waals surface area contributed by atoms with Crippen LogP contribution < -0.4 is 4.74 Å². The third-order valence-corrected chi connectivity index (χ3v) is 4.27. The molecule has 0 amide bonds. The summed E-state index contributed by atoms with van der Waals surface area (Å²) >= 11 is 8.44. The zero-order chi connectivity index (χ0) is 10.8. The van der Waals surface area contributed by atoms with Crippen LogP contribution in [0.2, 0.25) is 5.02 Å². The molecule has 1 nitrogen and oxygen atoms in total. The van der Waals surface area contributed by atoms with Crippen molar-refractivity contribution in [2.75, 3.05) is 0 Å². The number of hydrogen-bond acceptors (Lipinski definition) is 1. The fourth-order valence-corrected chi connectivity index (χ4v) is 2.77.